The number of carbonyl (C=O) groups excluding carboxylic acids is 1. The van der Waals surface area contributed by atoms with Crippen molar-refractivity contribution in [2.24, 2.45) is 5.92 Å². The Labute approximate surface area is 166 Å². The molecule has 3 heteroatoms. The van der Waals surface area contributed by atoms with E-state index < -0.39 is 0 Å². The van der Waals surface area contributed by atoms with Crippen LogP contribution in [0.25, 0.3) is 17.2 Å². The number of rotatable bonds is 8. The first kappa shape index (κ1) is 21.2. The average molecular weight is 375 g/mol. The van der Waals surface area contributed by atoms with Crippen LogP contribution in [0.15, 0.2) is 84.6 Å². The van der Waals surface area contributed by atoms with E-state index in [2.05, 4.69) is 4.98 Å². The number of hydrogen-bond acceptors (Lipinski definition) is 2. The van der Waals surface area contributed by atoms with E-state index >= 15 is 0 Å². The highest BCUT2D eigenvalue weighted by Crippen LogP contribution is 2.19. The Morgan fingerprint density at radius 1 is 1.14 bits per heavy atom. The third kappa shape index (κ3) is 7.28. The third-order valence-corrected chi connectivity index (χ3v) is 4.27. The molecule has 0 saturated carbocycles. The summed E-state index contributed by atoms with van der Waals surface area (Å²) in [5.41, 5.74) is 3.58. The summed E-state index contributed by atoms with van der Waals surface area (Å²) < 4.78 is 13.3. The summed E-state index contributed by atoms with van der Waals surface area (Å²) in [6, 6.07) is 10.3. The number of halogens is 1. The van der Waals surface area contributed by atoms with Crippen molar-refractivity contribution in [2.75, 3.05) is 0 Å². The summed E-state index contributed by atoms with van der Waals surface area (Å²) in [6.45, 7) is 5.94. The number of aromatic nitrogens is 1. The van der Waals surface area contributed by atoms with Gasteiger partial charge in [-0.2, -0.15) is 0 Å². The highest BCUT2D eigenvalue weighted by Gasteiger charge is 2.03. The summed E-state index contributed by atoms with van der Waals surface area (Å²) >= 11 is 0. The van der Waals surface area contributed by atoms with E-state index in [1.54, 1.807) is 18.3 Å². The second-order valence-corrected chi connectivity index (χ2v) is 6.74. The Kier molecular flexibility index (Phi) is 8.29. The molecule has 0 radical (unpaired) electrons. The van der Waals surface area contributed by atoms with Crippen LogP contribution in [-0.4, -0.2) is 10.8 Å². The molecule has 0 unspecified atom stereocenters. The molecule has 0 aliphatic heterocycles. The van der Waals surface area contributed by atoms with E-state index in [-0.39, 0.29) is 17.5 Å². The van der Waals surface area contributed by atoms with Gasteiger partial charge in [-0.3, -0.25) is 9.78 Å². The molecule has 0 fully saturated rings. The molecule has 1 aromatic carbocycles. The predicted octanol–water partition coefficient (Wildman–Crippen LogP) is 6.57. The van der Waals surface area contributed by atoms with E-state index in [1.807, 2.05) is 75.4 Å². The molecule has 2 nitrogen and oxygen atoms in total. The van der Waals surface area contributed by atoms with Gasteiger partial charge in [0, 0.05) is 18.2 Å². The summed E-state index contributed by atoms with van der Waals surface area (Å²) in [5.74, 6) is 0.0274. The minimum atomic E-state index is -0.258. The lowest BCUT2D eigenvalue weighted by atomic mass is 10.0. The first-order chi connectivity index (χ1) is 13.5. The summed E-state index contributed by atoms with van der Waals surface area (Å²) in [4.78, 5) is 16.3. The van der Waals surface area contributed by atoms with Crippen molar-refractivity contribution in [1.82, 2.24) is 4.98 Å². The van der Waals surface area contributed by atoms with Crippen molar-refractivity contribution in [3.8, 4) is 11.1 Å². The van der Waals surface area contributed by atoms with Crippen LogP contribution < -0.4 is 0 Å². The Morgan fingerprint density at radius 2 is 1.96 bits per heavy atom. The fourth-order valence-electron chi connectivity index (χ4n) is 2.52. The van der Waals surface area contributed by atoms with Crippen molar-refractivity contribution in [3.05, 3.63) is 96.1 Å². The quantitative estimate of drug-likeness (QED) is 0.385. The fourth-order valence-corrected chi connectivity index (χ4v) is 2.52. The SMILES string of the molecule is CC=C(C)C=CC(=O)C[C@H](C)C=CC=Cc1ccc(-c2cccc(F)c2)cn1. The van der Waals surface area contributed by atoms with Crippen LogP contribution >= 0.6 is 0 Å². The minimum absolute atomic E-state index is 0.122. The Bertz CT molecular complexity index is 904. The van der Waals surface area contributed by atoms with Crippen molar-refractivity contribution in [2.45, 2.75) is 27.2 Å². The van der Waals surface area contributed by atoms with Crippen LogP contribution in [0.1, 0.15) is 32.9 Å². The zero-order chi connectivity index (χ0) is 20.4. The van der Waals surface area contributed by atoms with Gasteiger partial charge in [0.2, 0.25) is 0 Å². The molecule has 1 atom stereocenters. The Morgan fingerprint density at radius 3 is 2.64 bits per heavy atom. The highest BCUT2D eigenvalue weighted by atomic mass is 19.1. The molecule has 0 amide bonds. The maximum absolute atomic E-state index is 13.3. The Hall–Kier alpha value is -3.07. The van der Waals surface area contributed by atoms with Crippen LogP contribution in [0.2, 0.25) is 0 Å². The number of carbonyl (C=O) groups is 1. The molecular formula is C25H26FNO. The lowest BCUT2D eigenvalue weighted by Gasteiger charge is -2.02. The molecule has 2 aromatic rings. The predicted molar refractivity (Wildman–Crippen MR) is 115 cm³/mol. The molecule has 0 saturated heterocycles. The lowest BCUT2D eigenvalue weighted by molar-refractivity contribution is -0.115. The van der Waals surface area contributed by atoms with E-state index in [0.717, 1.165) is 22.4 Å². The van der Waals surface area contributed by atoms with E-state index in [4.69, 9.17) is 0 Å². The van der Waals surface area contributed by atoms with Crippen molar-refractivity contribution < 1.29 is 9.18 Å². The van der Waals surface area contributed by atoms with Crippen LogP contribution in [0.5, 0.6) is 0 Å². The number of allylic oxidation sites excluding steroid dienone is 7. The van der Waals surface area contributed by atoms with Gasteiger partial charge in [-0.25, -0.2) is 4.39 Å². The van der Waals surface area contributed by atoms with Gasteiger partial charge in [0.15, 0.2) is 5.78 Å². The molecule has 0 aliphatic carbocycles. The zero-order valence-corrected chi connectivity index (χ0v) is 16.6. The molecular weight excluding hydrogens is 349 g/mol. The van der Waals surface area contributed by atoms with Gasteiger partial charge in [0.05, 0.1) is 5.69 Å². The normalized spacial score (nSPS) is 13.6. The summed E-state index contributed by atoms with van der Waals surface area (Å²) in [5, 5.41) is 0. The standard InChI is InChI=1S/C25H26FNO/c1-4-19(2)12-15-25(28)16-20(3)8-5-6-11-24-14-13-22(18-27-24)21-9-7-10-23(26)17-21/h4-15,17-18,20H,16H2,1-3H3/t20-/m1/s1. The van der Waals surface area contributed by atoms with Crippen LogP contribution in [-0.2, 0) is 4.79 Å². The van der Waals surface area contributed by atoms with E-state index in [1.165, 1.54) is 12.1 Å². The minimum Gasteiger partial charge on any atom is -0.295 e. The maximum Gasteiger partial charge on any atom is 0.156 e. The molecule has 0 spiro atoms. The second-order valence-electron chi connectivity index (χ2n) is 6.74. The first-order valence-electron chi connectivity index (χ1n) is 9.38. The first-order valence-corrected chi connectivity index (χ1v) is 9.38. The third-order valence-electron chi connectivity index (χ3n) is 4.27. The Balaban J connectivity index is 1.88. The van der Waals surface area contributed by atoms with Gasteiger partial charge in [0.25, 0.3) is 0 Å². The van der Waals surface area contributed by atoms with Crippen molar-refractivity contribution >= 4 is 11.9 Å². The maximum atomic E-state index is 13.3. The van der Waals surface area contributed by atoms with Gasteiger partial charge < -0.3 is 0 Å². The van der Waals surface area contributed by atoms with E-state index in [9.17, 15) is 9.18 Å². The van der Waals surface area contributed by atoms with Gasteiger partial charge >= 0.3 is 0 Å². The molecule has 1 aromatic heterocycles. The number of pyridine rings is 1. The number of benzene rings is 1. The van der Waals surface area contributed by atoms with Gasteiger partial charge in [-0.1, -0.05) is 61.1 Å². The topological polar surface area (TPSA) is 30.0 Å². The number of hydrogen-bond donors (Lipinski definition) is 0. The molecule has 28 heavy (non-hydrogen) atoms. The summed E-state index contributed by atoms with van der Waals surface area (Å²) in [7, 11) is 0. The van der Waals surface area contributed by atoms with Crippen LogP contribution in [0.3, 0.4) is 0 Å². The average Bonchev–Trinajstić information content (AvgIpc) is 2.70. The molecule has 144 valence electrons. The fraction of sp³-hybridized carbons (Fsp3) is 0.200. The molecule has 2 rings (SSSR count). The van der Waals surface area contributed by atoms with Gasteiger partial charge in [-0.05, 0) is 55.7 Å². The van der Waals surface area contributed by atoms with Crippen LogP contribution in [0.4, 0.5) is 4.39 Å². The molecule has 0 bridgehead atoms. The molecule has 0 aliphatic rings. The van der Waals surface area contributed by atoms with Crippen molar-refractivity contribution in [1.29, 1.82) is 0 Å². The van der Waals surface area contributed by atoms with E-state index in [0.29, 0.717) is 6.42 Å². The monoisotopic (exact) mass is 375 g/mol. The number of nitrogens with zero attached hydrogens (tertiary/aromatic N) is 1. The number of ketones is 1. The van der Waals surface area contributed by atoms with Gasteiger partial charge in [-0.15, -0.1) is 0 Å². The second kappa shape index (κ2) is 10.9. The molecule has 1 heterocycles. The smallest absolute Gasteiger partial charge is 0.156 e. The van der Waals surface area contributed by atoms with Crippen LogP contribution in [0, 0.1) is 11.7 Å². The zero-order valence-electron chi connectivity index (χ0n) is 16.6. The molecule has 0 N–H and O–H groups in total. The van der Waals surface area contributed by atoms with Crippen molar-refractivity contribution in [3.63, 3.8) is 0 Å². The highest BCUT2D eigenvalue weighted by molar-refractivity contribution is 5.90. The summed E-state index contributed by atoms with van der Waals surface area (Å²) in [6.07, 6.45) is 15.4. The lowest BCUT2D eigenvalue weighted by Crippen LogP contribution is -1.99. The largest absolute Gasteiger partial charge is 0.295 e. The van der Waals surface area contributed by atoms with Gasteiger partial charge in [0.1, 0.15) is 5.82 Å².